The first-order chi connectivity index (χ1) is 8.08. The predicted molar refractivity (Wildman–Crippen MR) is 67.7 cm³/mol. The van der Waals surface area contributed by atoms with Gasteiger partial charge in [0.2, 0.25) is 0 Å². The zero-order chi connectivity index (χ0) is 12.4. The number of nitrogens with zero attached hydrogens (tertiary/aromatic N) is 1. The van der Waals surface area contributed by atoms with Crippen LogP contribution in [0.4, 0.5) is 0 Å². The van der Waals surface area contributed by atoms with Gasteiger partial charge in [-0.3, -0.25) is 4.79 Å². The normalized spacial score (nSPS) is 19.4. The van der Waals surface area contributed by atoms with Gasteiger partial charge in [-0.2, -0.15) is 0 Å². The summed E-state index contributed by atoms with van der Waals surface area (Å²) in [7, 11) is 0. The number of hydrogen-bond donors (Lipinski definition) is 0. The highest BCUT2D eigenvalue weighted by atomic mass is 35.5. The number of hydrogen-bond acceptors (Lipinski definition) is 2. The van der Waals surface area contributed by atoms with E-state index in [0.29, 0.717) is 11.7 Å². The summed E-state index contributed by atoms with van der Waals surface area (Å²) in [4.78, 5) is 13.8. The molecule has 1 aliphatic rings. The highest BCUT2D eigenvalue weighted by Crippen LogP contribution is 2.25. The topological polar surface area (TPSA) is 33.5 Å². The summed E-state index contributed by atoms with van der Waals surface area (Å²) in [5.41, 5.74) is 0. The molecule has 2 heterocycles. The van der Waals surface area contributed by atoms with E-state index in [9.17, 15) is 4.79 Å². The molecule has 94 valence electrons. The number of alkyl halides is 1. The number of carbonyl (C=O) groups is 1. The Morgan fingerprint density at radius 1 is 1.47 bits per heavy atom. The van der Waals surface area contributed by atoms with Crippen molar-refractivity contribution in [3.05, 3.63) is 23.1 Å². The summed E-state index contributed by atoms with van der Waals surface area (Å²) in [6, 6.07) is 3.20. The molecule has 0 aliphatic carbocycles. The third-order valence-electron chi connectivity index (χ3n) is 3.26. The molecule has 1 amide bonds. The van der Waals surface area contributed by atoms with Crippen molar-refractivity contribution in [2.24, 2.45) is 5.92 Å². The number of rotatable bonds is 2. The first kappa shape index (κ1) is 12.8. The van der Waals surface area contributed by atoms with Crippen LogP contribution >= 0.6 is 23.2 Å². The minimum absolute atomic E-state index is 0.0856. The van der Waals surface area contributed by atoms with Crippen molar-refractivity contribution >= 4 is 29.1 Å². The van der Waals surface area contributed by atoms with Gasteiger partial charge in [0.25, 0.3) is 5.91 Å². The van der Waals surface area contributed by atoms with Crippen LogP contribution in [0.5, 0.6) is 0 Å². The molecular weight excluding hydrogens is 261 g/mol. The number of likely N-dealkylation sites (tertiary alicyclic amines) is 1. The number of piperidine rings is 1. The molecule has 1 fully saturated rings. The van der Waals surface area contributed by atoms with Crippen LogP contribution in [0.15, 0.2) is 16.5 Å². The lowest BCUT2D eigenvalue weighted by atomic mass is 9.94. The van der Waals surface area contributed by atoms with Gasteiger partial charge in [-0.25, -0.2) is 0 Å². The van der Waals surface area contributed by atoms with Crippen molar-refractivity contribution in [1.29, 1.82) is 0 Å². The predicted octanol–water partition coefficient (Wildman–Crippen LogP) is 3.41. The summed E-state index contributed by atoms with van der Waals surface area (Å²) in [5.74, 6) is 0.728. The molecule has 17 heavy (non-hydrogen) atoms. The third kappa shape index (κ3) is 2.96. The molecule has 0 spiro atoms. The van der Waals surface area contributed by atoms with Gasteiger partial charge in [0, 0.05) is 18.5 Å². The molecule has 1 unspecified atom stereocenters. The average Bonchev–Trinajstić information content (AvgIpc) is 2.75. The minimum atomic E-state index is -0.0856. The van der Waals surface area contributed by atoms with Gasteiger partial charge in [-0.15, -0.1) is 11.6 Å². The maximum Gasteiger partial charge on any atom is 0.289 e. The Labute approximate surface area is 111 Å². The molecule has 0 bridgehead atoms. The van der Waals surface area contributed by atoms with Crippen molar-refractivity contribution in [3.63, 3.8) is 0 Å². The first-order valence-corrected chi connectivity index (χ1v) is 6.58. The van der Waals surface area contributed by atoms with Crippen molar-refractivity contribution in [3.8, 4) is 0 Å². The third-order valence-corrected chi connectivity index (χ3v) is 3.82. The summed E-state index contributed by atoms with van der Waals surface area (Å²) < 4.78 is 5.12. The molecule has 2 rings (SSSR count). The zero-order valence-electron chi connectivity index (χ0n) is 9.66. The Morgan fingerprint density at radius 2 is 2.12 bits per heavy atom. The maximum atomic E-state index is 12.0. The van der Waals surface area contributed by atoms with E-state index in [0.717, 1.165) is 25.9 Å². The lowest BCUT2D eigenvalue weighted by Crippen LogP contribution is -2.39. The molecule has 1 aromatic heterocycles. The second kappa shape index (κ2) is 5.32. The van der Waals surface area contributed by atoms with Crippen LogP contribution in [-0.2, 0) is 0 Å². The fourth-order valence-corrected chi connectivity index (χ4v) is 2.55. The van der Waals surface area contributed by atoms with E-state index in [1.54, 1.807) is 17.0 Å². The quantitative estimate of drug-likeness (QED) is 0.775. The van der Waals surface area contributed by atoms with E-state index in [4.69, 9.17) is 27.6 Å². The molecule has 5 heteroatoms. The van der Waals surface area contributed by atoms with E-state index < -0.39 is 0 Å². The molecule has 1 saturated heterocycles. The first-order valence-electron chi connectivity index (χ1n) is 5.76. The maximum absolute atomic E-state index is 12.0. The fraction of sp³-hybridized carbons (Fsp3) is 0.583. The van der Waals surface area contributed by atoms with E-state index in [1.165, 1.54) is 0 Å². The number of carbonyl (C=O) groups excluding carboxylic acids is 1. The SMILES string of the molecule is CC(Cl)C1CCN(C(=O)c2ccc(Cl)o2)CC1. The Hall–Kier alpha value is -0.670. The molecule has 3 nitrogen and oxygen atoms in total. The van der Waals surface area contributed by atoms with Gasteiger partial charge in [0.1, 0.15) is 0 Å². The monoisotopic (exact) mass is 275 g/mol. The Bertz CT molecular complexity index is 395. The Kier molecular flexibility index (Phi) is 4.00. The van der Waals surface area contributed by atoms with Crippen molar-refractivity contribution < 1.29 is 9.21 Å². The number of furan rings is 1. The van der Waals surface area contributed by atoms with Crippen LogP contribution < -0.4 is 0 Å². The average molecular weight is 276 g/mol. The second-order valence-corrected chi connectivity index (χ2v) is 5.47. The molecule has 1 aromatic rings. The summed E-state index contributed by atoms with van der Waals surface area (Å²) in [6.45, 7) is 3.48. The molecule has 0 saturated carbocycles. The van der Waals surface area contributed by atoms with Gasteiger partial charge >= 0.3 is 0 Å². The van der Waals surface area contributed by atoms with E-state index in [2.05, 4.69) is 0 Å². The Morgan fingerprint density at radius 3 is 2.59 bits per heavy atom. The molecule has 1 aliphatic heterocycles. The van der Waals surface area contributed by atoms with Crippen LogP contribution in [0.3, 0.4) is 0 Å². The molecule has 0 aromatic carbocycles. The smallest absolute Gasteiger partial charge is 0.289 e. The van der Waals surface area contributed by atoms with E-state index in [1.807, 2.05) is 6.92 Å². The van der Waals surface area contributed by atoms with Gasteiger partial charge in [-0.05, 0) is 49.4 Å². The fourth-order valence-electron chi connectivity index (χ4n) is 2.15. The molecule has 0 radical (unpaired) electrons. The second-order valence-electron chi connectivity index (χ2n) is 4.41. The molecule has 1 atom stereocenters. The summed E-state index contributed by atoms with van der Waals surface area (Å²) in [5, 5.41) is 0.419. The van der Waals surface area contributed by atoms with Gasteiger partial charge < -0.3 is 9.32 Å². The van der Waals surface area contributed by atoms with E-state index >= 15 is 0 Å². The van der Waals surface area contributed by atoms with Gasteiger partial charge in [0.15, 0.2) is 11.0 Å². The summed E-state index contributed by atoms with van der Waals surface area (Å²) >= 11 is 11.7. The van der Waals surface area contributed by atoms with Crippen LogP contribution in [0.2, 0.25) is 5.22 Å². The van der Waals surface area contributed by atoms with Crippen LogP contribution in [-0.4, -0.2) is 29.3 Å². The number of amides is 1. The zero-order valence-corrected chi connectivity index (χ0v) is 11.2. The lowest BCUT2D eigenvalue weighted by molar-refractivity contribution is 0.0658. The highest BCUT2D eigenvalue weighted by Gasteiger charge is 2.27. The minimum Gasteiger partial charge on any atom is -0.440 e. The van der Waals surface area contributed by atoms with Crippen LogP contribution in [0, 0.1) is 5.92 Å². The van der Waals surface area contributed by atoms with Crippen molar-refractivity contribution in [2.75, 3.05) is 13.1 Å². The molecular formula is C12H15Cl2NO2. The Balaban J connectivity index is 1.95. The largest absolute Gasteiger partial charge is 0.440 e. The molecule has 0 N–H and O–H groups in total. The lowest BCUT2D eigenvalue weighted by Gasteiger charge is -2.32. The van der Waals surface area contributed by atoms with E-state index in [-0.39, 0.29) is 16.5 Å². The van der Waals surface area contributed by atoms with Crippen LogP contribution in [0.1, 0.15) is 30.3 Å². The van der Waals surface area contributed by atoms with Crippen molar-refractivity contribution in [1.82, 2.24) is 4.90 Å². The summed E-state index contributed by atoms with van der Waals surface area (Å²) in [6.07, 6.45) is 1.90. The standard InChI is InChI=1S/C12H15Cl2NO2/c1-8(13)9-4-6-15(7-5-9)12(16)10-2-3-11(14)17-10/h2-3,8-9H,4-7H2,1H3. The van der Waals surface area contributed by atoms with Crippen LogP contribution in [0.25, 0.3) is 0 Å². The number of halogens is 2. The highest BCUT2D eigenvalue weighted by molar-refractivity contribution is 6.29. The van der Waals surface area contributed by atoms with Gasteiger partial charge in [-0.1, -0.05) is 0 Å². The van der Waals surface area contributed by atoms with Crippen molar-refractivity contribution in [2.45, 2.75) is 25.1 Å². The van der Waals surface area contributed by atoms with Gasteiger partial charge in [0.05, 0.1) is 0 Å².